The van der Waals surface area contributed by atoms with Crippen molar-refractivity contribution in [1.29, 1.82) is 0 Å². The molecule has 136 valence electrons. The lowest BCUT2D eigenvalue weighted by molar-refractivity contribution is 0.0912. The standard InChI is InChI=1S/C18H27N5O2/c1-11(2)4-12-5-15(19-8-12)18(25)20-9-14-6-13(7-16(14)24)17-22-21-10-23(17)3/h5,8,10-11,13-14,16,19,24H,4,6-7,9H2,1-3H3,(H,20,25)/t13-,14+,16+/m0/s1. The first kappa shape index (κ1) is 17.7. The first-order valence-corrected chi connectivity index (χ1v) is 8.91. The van der Waals surface area contributed by atoms with Crippen LogP contribution in [-0.2, 0) is 13.5 Å². The van der Waals surface area contributed by atoms with Gasteiger partial charge in [-0.1, -0.05) is 13.8 Å². The predicted octanol–water partition coefficient (Wildman–Crippen LogP) is 1.63. The fourth-order valence-electron chi connectivity index (χ4n) is 3.67. The molecule has 0 aliphatic heterocycles. The lowest BCUT2D eigenvalue weighted by Crippen LogP contribution is -2.32. The van der Waals surface area contributed by atoms with E-state index in [9.17, 15) is 9.90 Å². The molecular weight excluding hydrogens is 318 g/mol. The van der Waals surface area contributed by atoms with Gasteiger partial charge in [-0.3, -0.25) is 4.79 Å². The molecule has 3 atom stereocenters. The Labute approximate surface area is 147 Å². The number of hydrogen-bond acceptors (Lipinski definition) is 4. The Morgan fingerprint density at radius 3 is 2.96 bits per heavy atom. The highest BCUT2D eigenvalue weighted by molar-refractivity contribution is 5.92. The second kappa shape index (κ2) is 7.39. The summed E-state index contributed by atoms with van der Waals surface area (Å²) >= 11 is 0. The van der Waals surface area contributed by atoms with Crippen LogP contribution in [0.3, 0.4) is 0 Å². The van der Waals surface area contributed by atoms with E-state index in [4.69, 9.17) is 0 Å². The third-order valence-electron chi connectivity index (χ3n) is 4.93. The Morgan fingerprint density at radius 1 is 1.48 bits per heavy atom. The molecule has 0 spiro atoms. The maximum absolute atomic E-state index is 12.3. The molecule has 7 nitrogen and oxygen atoms in total. The molecule has 3 N–H and O–H groups in total. The highest BCUT2D eigenvalue weighted by Crippen LogP contribution is 2.37. The van der Waals surface area contributed by atoms with Crippen LogP contribution in [0.4, 0.5) is 0 Å². The van der Waals surface area contributed by atoms with Crippen LogP contribution in [0.5, 0.6) is 0 Å². The smallest absolute Gasteiger partial charge is 0.267 e. The molecule has 0 radical (unpaired) electrons. The fourth-order valence-corrected chi connectivity index (χ4v) is 3.67. The largest absolute Gasteiger partial charge is 0.393 e. The summed E-state index contributed by atoms with van der Waals surface area (Å²) in [5.74, 6) is 1.56. The second-order valence-electron chi connectivity index (χ2n) is 7.53. The lowest BCUT2D eigenvalue weighted by Gasteiger charge is -2.14. The van der Waals surface area contributed by atoms with E-state index in [2.05, 4.69) is 34.3 Å². The Kier molecular flexibility index (Phi) is 5.22. The Bertz CT molecular complexity index is 721. The molecule has 2 heterocycles. The SMILES string of the molecule is CC(C)Cc1c[nH]c(C(=O)NC[C@H]2C[C@H](c3nncn3C)C[C@H]2O)c1. The number of carbonyl (C=O) groups is 1. The van der Waals surface area contributed by atoms with Crippen LogP contribution in [0.2, 0.25) is 0 Å². The monoisotopic (exact) mass is 345 g/mol. The summed E-state index contributed by atoms with van der Waals surface area (Å²) in [5.41, 5.74) is 1.72. The minimum atomic E-state index is -0.429. The van der Waals surface area contributed by atoms with Gasteiger partial charge in [-0.05, 0) is 36.8 Å². The number of aromatic amines is 1. The van der Waals surface area contributed by atoms with Crippen molar-refractivity contribution in [3.8, 4) is 0 Å². The molecule has 1 aliphatic rings. The maximum Gasteiger partial charge on any atom is 0.267 e. The second-order valence-corrected chi connectivity index (χ2v) is 7.53. The van der Waals surface area contributed by atoms with Crippen LogP contribution in [-0.4, -0.2) is 43.4 Å². The Hall–Kier alpha value is -2.15. The number of amides is 1. The van der Waals surface area contributed by atoms with Crippen LogP contribution >= 0.6 is 0 Å². The van der Waals surface area contributed by atoms with Gasteiger partial charge in [0.2, 0.25) is 0 Å². The molecule has 2 aromatic rings. The van der Waals surface area contributed by atoms with Gasteiger partial charge in [0.25, 0.3) is 5.91 Å². The van der Waals surface area contributed by atoms with E-state index in [1.165, 1.54) is 0 Å². The first-order valence-electron chi connectivity index (χ1n) is 8.91. The number of rotatable bonds is 6. The summed E-state index contributed by atoms with van der Waals surface area (Å²) < 4.78 is 1.90. The van der Waals surface area contributed by atoms with Crippen molar-refractivity contribution in [1.82, 2.24) is 25.1 Å². The average molecular weight is 345 g/mol. The van der Waals surface area contributed by atoms with Crippen molar-refractivity contribution in [2.45, 2.75) is 45.1 Å². The number of hydrogen-bond donors (Lipinski definition) is 3. The maximum atomic E-state index is 12.3. The normalized spacial score (nSPS) is 23.3. The van der Waals surface area contributed by atoms with Gasteiger partial charge < -0.3 is 20.0 Å². The third-order valence-corrected chi connectivity index (χ3v) is 4.93. The topological polar surface area (TPSA) is 95.8 Å². The fraction of sp³-hybridized carbons (Fsp3) is 0.611. The van der Waals surface area contributed by atoms with Crippen LogP contribution in [0.15, 0.2) is 18.6 Å². The summed E-state index contributed by atoms with van der Waals surface area (Å²) in [6.45, 7) is 4.77. The van der Waals surface area contributed by atoms with Gasteiger partial charge in [0.05, 0.1) is 6.10 Å². The molecule has 2 aromatic heterocycles. The summed E-state index contributed by atoms with van der Waals surface area (Å²) in [6.07, 6.45) is 5.55. The molecule has 0 unspecified atom stereocenters. The van der Waals surface area contributed by atoms with Gasteiger partial charge >= 0.3 is 0 Å². The number of nitrogens with zero attached hydrogens (tertiary/aromatic N) is 3. The molecular formula is C18H27N5O2. The van der Waals surface area contributed by atoms with Gasteiger partial charge in [-0.25, -0.2) is 0 Å². The van der Waals surface area contributed by atoms with E-state index in [1.807, 2.05) is 23.9 Å². The molecule has 3 rings (SSSR count). The number of aliphatic hydroxyl groups excluding tert-OH is 1. The average Bonchev–Trinajstić information content (AvgIpc) is 3.25. The van der Waals surface area contributed by atoms with Crippen LogP contribution < -0.4 is 5.32 Å². The van der Waals surface area contributed by atoms with Crippen molar-refractivity contribution >= 4 is 5.91 Å². The van der Waals surface area contributed by atoms with Crippen molar-refractivity contribution in [3.05, 3.63) is 35.7 Å². The minimum Gasteiger partial charge on any atom is -0.393 e. The highest BCUT2D eigenvalue weighted by Gasteiger charge is 2.36. The summed E-state index contributed by atoms with van der Waals surface area (Å²) in [7, 11) is 1.91. The quantitative estimate of drug-likeness (QED) is 0.741. The van der Waals surface area contributed by atoms with Gasteiger partial charge in [0.1, 0.15) is 17.8 Å². The van der Waals surface area contributed by atoms with Crippen LogP contribution in [0.25, 0.3) is 0 Å². The lowest BCUT2D eigenvalue weighted by atomic mass is 10.0. The van der Waals surface area contributed by atoms with Crippen molar-refractivity contribution in [2.24, 2.45) is 18.9 Å². The van der Waals surface area contributed by atoms with Crippen LogP contribution in [0.1, 0.15) is 54.5 Å². The molecule has 1 amide bonds. The van der Waals surface area contributed by atoms with Crippen molar-refractivity contribution < 1.29 is 9.90 Å². The molecule has 7 heteroatoms. The predicted molar refractivity (Wildman–Crippen MR) is 94.1 cm³/mol. The van der Waals surface area contributed by atoms with Crippen molar-refractivity contribution in [2.75, 3.05) is 6.54 Å². The molecule has 0 saturated heterocycles. The molecule has 1 fully saturated rings. The number of nitrogens with one attached hydrogen (secondary N) is 2. The van der Waals surface area contributed by atoms with E-state index in [0.717, 1.165) is 24.2 Å². The van der Waals surface area contributed by atoms with E-state index >= 15 is 0 Å². The third kappa shape index (κ3) is 4.10. The molecule has 1 saturated carbocycles. The zero-order chi connectivity index (χ0) is 18.0. The van der Waals surface area contributed by atoms with E-state index < -0.39 is 6.10 Å². The van der Waals surface area contributed by atoms with E-state index in [1.54, 1.807) is 6.33 Å². The Morgan fingerprint density at radius 2 is 2.28 bits per heavy atom. The van der Waals surface area contributed by atoms with Gasteiger partial charge in [-0.2, -0.15) is 0 Å². The van der Waals surface area contributed by atoms with E-state index in [0.29, 0.717) is 24.6 Å². The number of aromatic nitrogens is 4. The summed E-state index contributed by atoms with van der Waals surface area (Å²) in [5, 5.41) is 21.3. The summed E-state index contributed by atoms with van der Waals surface area (Å²) in [4.78, 5) is 15.4. The Balaban J connectivity index is 1.53. The van der Waals surface area contributed by atoms with Crippen molar-refractivity contribution in [3.63, 3.8) is 0 Å². The zero-order valence-electron chi connectivity index (χ0n) is 15.1. The number of aliphatic hydroxyl groups is 1. The number of H-pyrrole nitrogens is 1. The van der Waals surface area contributed by atoms with E-state index in [-0.39, 0.29) is 17.7 Å². The van der Waals surface area contributed by atoms with Gasteiger partial charge in [-0.15, -0.1) is 10.2 Å². The van der Waals surface area contributed by atoms with Gasteiger partial charge in [0, 0.05) is 31.6 Å². The molecule has 0 aromatic carbocycles. The number of aryl methyl sites for hydroxylation is 1. The molecule has 1 aliphatic carbocycles. The van der Waals surface area contributed by atoms with Gasteiger partial charge in [0.15, 0.2) is 0 Å². The first-order chi connectivity index (χ1) is 11.9. The summed E-state index contributed by atoms with van der Waals surface area (Å²) in [6, 6.07) is 1.91. The van der Waals surface area contributed by atoms with Crippen LogP contribution in [0, 0.1) is 11.8 Å². The molecule has 25 heavy (non-hydrogen) atoms. The zero-order valence-corrected chi connectivity index (χ0v) is 15.1. The molecule has 0 bridgehead atoms. The minimum absolute atomic E-state index is 0.0377. The number of carbonyl (C=O) groups excluding carboxylic acids is 1. The highest BCUT2D eigenvalue weighted by atomic mass is 16.3.